The number of imidazole rings is 1. The van der Waals surface area contributed by atoms with Gasteiger partial charge in [-0.15, -0.1) is 0 Å². The van der Waals surface area contributed by atoms with Gasteiger partial charge in [-0.2, -0.15) is 0 Å². The molecule has 0 atom stereocenters. The molecule has 0 aliphatic carbocycles. The molecule has 4 rings (SSSR count). The zero-order valence-corrected chi connectivity index (χ0v) is 13.9. The predicted molar refractivity (Wildman–Crippen MR) is 95.3 cm³/mol. The van der Waals surface area contributed by atoms with Crippen LogP contribution in [0.2, 0.25) is 0 Å². The second-order valence-electron chi connectivity index (χ2n) is 5.81. The molecule has 1 fully saturated rings. The van der Waals surface area contributed by atoms with Crippen LogP contribution in [0.15, 0.2) is 46.9 Å². The molecule has 3 aromatic rings. The highest BCUT2D eigenvalue weighted by atomic mass is 79.9. The van der Waals surface area contributed by atoms with Crippen LogP contribution < -0.4 is 4.90 Å². The van der Waals surface area contributed by atoms with E-state index in [-0.39, 0.29) is 0 Å². The third-order valence-corrected chi connectivity index (χ3v) is 4.79. The molecule has 2 aromatic carbocycles. The van der Waals surface area contributed by atoms with Crippen LogP contribution in [0.5, 0.6) is 0 Å². The quantitative estimate of drug-likeness (QED) is 0.702. The fourth-order valence-electron chi connectivity index (χ4n) is 3.18. The Morgan fingerprint density at radius 1 is 1.00 bits per heavy atom. The number of halogens is 1. The van der Waals surface area contributed by atoms with Crippen molar-refractivity contribution in [1.82, 2.24) is 9.97 Å². The van der Waals surface area contributed by atoms with Gasteiger partial charge in [0.2, 0.25) is 0 Å². The molecule has 3 nitrogen and oxygen atoms in total. The van der Waals surface area contributed by atoms with Gasteiger partial charge >= 0.3 is 0 Å². The first-order chi connectivity index (χ1) is 10.8. The van der Waals surface area contributed by atoms with Crippen LogP contribution >= 0.6 is 15.9 Å². The number of hydrogen-bond donors (Lipinski definition) is 1. The first-order valence-corrected chi connectivity index (χ1v) is 8.60. The third-order valence-electron chi connectivity index (χ3n) is 4.30. The smallest absolute Gasteiger partial charge is 0.140 e. The lowest BCUT2D eigenvalue weighted by Crippen LogP contribution is -2.29. The first kappa shape index (κ1) is 13.8. The van der Waals surface area contributed by atoms with Crippen molar-refractivity contribution in [3.05, 3.63) is 46.9 Å². The maximum atomic E-state index is 4.77. The highest BCUT2D eigenvalue weighted by Gasteiger charge is 2.17. The van der Waals surface area contributed by atoms with E-state index in [4.69, 9.17) is 4.98 Å². The summed E-state index contributed by atoms with van der Waals surface area (Å²) in [6.07, 6.45) is 3.88. The fourth-order valence-corrected chi connectivity index (χ4v) is 3.53. The van der Waals surface area contributed by atoms with Crippen LogP contribution in [0.4, 0.5) is 5.69 Å². The SMILES string of the molecule is Brc1ccc(-c2nc3ccccc3[nH]2)c(N2CCCCC2)c1. The molecule has 2 heterocycles. The van der Waals surface area contributed by atoms with Crippen LogP contribution in [0.25, 0.3) is 22.4 Å². The van der Waals surface area contributed by atoms with E-state index in [1.165, 1.54) is 30.5 Å². The topological polar surface area (TPSA) is 31.9 Å². The highest BCUT2D eigenvalue weighted by Crippen LogP contribution is 2.34. The number of nitrogens with zero attached hydrogens (tertiary/aromatic N) is 2. The lowest BCUT2D eigenvalue weighted by Gasteiger charge is -2.30. The molecular weight excluding hydrogens is 338 g/mol. The lowest BCUT2D eigenvalue weighted by atomic mass is 10.1. The number of piperidine rings is 1. The second-order valence-corrected chi connectivity index (χ2v) is 6.73. The monoisotopic (exact) mass is 355 g/mol. The number of anilines is 1. The molecule has 1 aliphatic heterocycles. The second kappa shape index (κ2) is 5.76. The van der Waals surface area contributed by atoms with E-state index < -0.39 is 0 Å². The van der Waals surface area contributed by atoms with E-state index in [1.807, 2.05) is 12.1 Å². The van der Waals surface area contributed by atoms with Gasteiger partial charge in [0.1, 0.15) is 5.82 Å². The average Bonchev–Trinajstić information content (AvgIpc) is 2.99. The lowest BCUT2D eigenvalue weighted by molar-refractivity contribution is 0.578. The molecule has 0 unspecified atom stereocenters. The standard InChI is InChI=1S/C18H18BrN3/c19-13-8-9-14(17(12-13)22-10-4-1-5-11-22)18-20-15-6-2-3-7-16(15)21-18/h2-3,6-9,12H,1,4-5,10-11H2,(H,20,21). The van der Waals surface area contributed by atoms with Crippen LogP contribution in [0, 0.1) is 0 Å². The summed E-state index contributed by atoms with van der Waals surface area (Å²) >= 11 is 3.61. The minimum absolute atomic E-state index is 0.953. The van der Waals surface area contributed by atoms with Crippen LogP contribution in [-0.4, -0.2) is 23.1 Å². The zero-order valence-electron chi connectivity index (χ0n) is 12.3. The summed E-state index contributed by atoms with van der Waals surface area (Å²) in [7, 11) is 0. The highest BCUT2D eigenvalue weighted by molar-refractivity contribution is 9.10. The van der Waals surface area contributed by atoms with E-state index in [0.29, 0.717) is 0 Å². The van der Waals surface area contributed by atoms with Gasteiger partial charge in [-0.1, -0.05) is 28.1 Å². The van der Waals surface area contributed by atoms with Crippen LogP contribution in [0.1, 0.15) is 19.3 Å². The van der Waals surface area contributed by atoms with E-state index in [9.17, 15) is 0 Å². The molecule has 1 N–H and O–H groups in total. The summed E-state index contributed by atoms with van der Waals surface area (Å²) in [6, 6.07) is 14.7. The van der Waals surface area contributed by atoms with E-state index in [2.05, 4.69) is 56.1 Å². The van der Waals surface area contributed by atoms with E-state index >= 15 is 0 Å². The largest absolute Gasteiger partial charge is 0.371 e. The molecule has 22 heavy (non-hydrogen) atoms. The van der Waals surface area contributed by atoms with E-state index in [1.54, 1.807) is 0 Å². The Bertz CT molecular complexity index is 770. The molecule has 4 heteroatoms. The molecular formula is C18H18BrN3. The molecule has 0 saturated carbocycles. The van der Waals surface area contributed by atoms with Gasteiger partial charge < -0.3 is 9.88 Å². The Morgan fingerprint density at radius 2 is 1.82 bits per heavy atom. The maximum Gasteiger partial charge on any atom is 0.140 e. The number of nitrogens with one attached hydrogen (secondary N) is 1. The molecule has 0 bridgehead atoms. The summed E-state index contributed by atoms with van der Waals surface area (Å²) in [5.41, 5.74) is 4.56. The van der Waals surface area contributed by atoms with Crippen molar-refractivity contribution in [3.8, 4) is 11.4 Å². The molecule has 1 saturated heterocycles. The third kappa shape index (κ3) is 2.52. The molecule has 1 aliphatic rings. The Labute approximate surface area is 138 Å². The fraction of sp³-hybridized carbons (Fsp3) is 0.278. The normalized spacial score (nSPS) is 15.4. The van der Waals surface area contributed by atoms with Crippen molar-refractivity contribution < 1.29 is 0 Å². The molecule has 0 spiro atoms. The Hall–Kier alpha value is -1.81. The van der Waals surface area contributed by atoms with Crippen molar-refractivity contribution in [2.75, 3.05) is 18.0 Å². The summed E-state index contributed by atoms with van der Waals surface area (Å²) < 4.78 is 1.12. The van der Waals surface area contributed by atoms with Gasteiger partial charge in [0.05, 0.1) is 11.0 Å². The Balaban J connectivity index is 1.83. The Kier molecular flexibility index (Phi) is 3.62. The van der Waals surface area contributed by atoms with Gasteiger partial charge in [0.25, 0.3) is 0 Å². The molecule has 112 valence electrons. The van der Waals surface area contributed by atoms with Crippen molar-refractivity contribution in [2.45, 2.75) is 19.3 Å². The molecule has 0 radical (unpaired) electrons. The zero-order chi connectivity index (χ0) is 14.9. The van der Waals surface area contributed by atoms with Crippen LogP contribution in [0.3, 0.4) is 0 Å². The maximum absolute atomic E-state index is 4.77. The predicted octanol–water partition coefficient (Wildman–Crippen LogP) is 4.98. The van der Waals surface area contributed by atoms with E-state index in [0.717, 1.165) is 34.4 Å². The van der Waals surface area contributed by atoms with Gasteiger partial charge in [0, 0.05) is 28.8 Å². The molecule has 0 amide bonds. The number of H-pyrrole nitrogens is 1. The van der Waals surface area contributed by atoms with Gasteiger partial charge in [-0.25, -0.2) is 4.98 Å². The molecule has 1 aromatic heterocycles. The number of para-hydroxylation sites is 2. The van der Waals surface area contributed by atoms with Crippen molar-refractivity contribution in [1.29, 1.82) is 0 Å². The number of benzene rings is 2. The number of rotatable bonds is 2. The van der Waals surface area contributed by atoms with Gasteiger partial charge in [-0.3, -0.25) is 0 Å². The van der Waals surface area contributed by atoms with Gasteiger partial charge in [0.15, 0.2) is 0 Å². The number of hydrogen-bond acceptors (Lipinski definition) is 2. The minimum atomic E-state index is 0.953. The minimum Gasteiger partial charge on any atom is -0.371 e. The van der Waals surface area contributed by atoms with Crippen molar-refractivity contribution in [2.24, 2.45) is 0 Å². The summed E-state index contributed by atoms with van der Waals surface area (Å²) in [6.45, 7) is 2.26. The first-order valence-electron chi connectivity index (χ1n) is 7.81. The number of aromatic nitrogens is 2. The summed E-state index contributed by atoms with van der Waals surface area (Å²) in [5.74, 6) is 0.953. The Morgan fingerprint density at radius 3 is 2.64 bits per heavy atom. The summed E-state index contributed by atoms with van der Waals surface area (Å²) in [4.78, 5) is 10.7. The van der Waals surface area contributed by atoms with Crippen LogP contribution in [-0.2, 0) is 0 Å². The number of fused-ring (bicyclic) bond motifs is 1. The number of aromatic amines is 1. The van der Waals surface area contributed by atoms with Crippen molar-refractivity contribution in [3.63, 3.8) is 0 Å². The van der Waals surface area contributed by atoms with Crippen molar-refractivity contribution >= 4 is 32.7 Å². The van der Waals surface area contributed by atoms with Gasteiger partial charge in [-0.05, 0) is 49.6 Å². The average molecular weight is 356 g/mol. The summed E-state index contributed by atoms with van der Waals surface area (Å²) in [5, 5.41) is 0.